The van der Waals surface area contributed by atoms with Crippen LogP contribution in [0, 0.1) is 0 Å². The molecule has 4 rings (SSSR count). The zero-order valence-electron chi connectivity index (χ0n) is 21.8. The van der Waals surface area contributed by atoms with Gasteiger partial charge in [-0.15, -0.1) is 0 Å². The van der Waals surface area contributed by atoms with Gasteiger partial charge in [-0.2, -0.15) is 0 Å². The molecular weight excluding hydrogens is 508 g/mol. The van der Waals surface area contributed by atoms with E-state index in [-0.39, 0.29) is 29.2 Å². The lowest BCUT2D eigenvalue weighted by atomic mass is 9.95. The van der Waals surface area contributed by atoms with Gasteiger partial charge in [-0.3, -0.25) is 14.2 Å². The third kappa shape index (κ3) is 5.40. The van der Waals surface area contributed by atoms with Crippen LogP contribution in [0.15, 0.2) is 63.5 Å². The van der Waals surface area contributed by atoms with Gasteiger partial charge in [0.25, 0.3) is 5.56 Å². The van der Waals surface area contributed by atoms with Crippen molar-refractivity contribution in [2.75, 3.05) is 20.3 Å². The summed E-state index contributed by atoms with van der Waals surface area (Å²) in [6.45, 7) is 7.36. The lowest BCUT2D eigenvalue weighted by molar-refractivity contribution is -0.139. The van der Waals surface area contributed by atoms with Gasteiger partial charge >= 0.3 is 11.9 Å². The molecule has 38 heavy (non-hydrogen) atoms. The highest BCUT2D eigenvalue weighted by Crippen LogP contribution is 2.36. The Morgan fingerprint density at radius 1 is 1.08 bits per heavy atom. The number of benzene rings is 2. The number of carbonyl (C=O) groups excluding carboxylic acids is 2. The van der Waals surface area contributed by atoms with Crippen LogP contribution in [0.5, 0.6) is 17.2 Å². The fourth-order valence-electron chi connectivity index (χ4n) is 4.18. The lowest BCUT2D eigenvalue weighted by Gasteiger charge is -2.25. The van der Waals surface area contributed by atoms with Crippen molar-refractivity contribution in [3.8, 4) is 17.2 Å². The van der Waals surface area contributed by atoms with Crippen LogP contribution in [0.3, 0.4) is 0 Å². The maximum atomic E-state index is 13.8. The van der Waals surface area contributed by atoms with Gasteiger partial charge in [0.15, 0.2) is 16.3 Å². The zero-order valence-corrected chi connectivity index (χ0v) is 22.6. The molecule has 9 nitrogen and oxygen atoms in total. The molecule has 0 saturated heterocycles. The highest BCUT2D eigenvalue weighted by atomic mass is 32.1. The first-order valence-corrected chi connectivity index (χ1v) is 12.9. The first kappa shape index (κ1) is 26.9. The molecule has 1 aliphatic heterocycles. The predicted octanol–water partition coefficient (Wildman–Crippen LogP) is 3.13. The Balaban J connectivity index is 1.90. The molecule has 0 N–H and O–H groups in total. The number of rotatable bonds is 8. The Bertz CT molecular complexity index is 1580. The summed E-state index contributed by atoms with van der Waals surface area (Å²) in [4.78, 5) is 43.4. The number of carbonyl (C=O) groups is 2. The molecule has 1 aromatic heterocycles. The molecule has 0 bridgehead atoms. The van der Waals surface area contributed by atoms with E-state index in [1.54, 1.807) is 38.1 Å². The van der Waals surface area contributed by atoms with E-state index in [1.165, 1.54) is 29.9 Å². The van der Waals surface area contributed by atoms with Crippen molar-refractivity contribution in [1.82, 2.24) is 4.57 Å². The van der Waals surface area contributed by atoms with E-state index in [9.17, 15) is 14.4 Å². The minimum Gasteiger partial charge on any atom is -0.494 e. The van der Waals surface area contributed by atoms with E-state index in [0.29, 0.717) is 27.2 Å². The van der Waals surface area contributed by atoms with Crippen LogP contribution < -0.4 is 29.1 Å². The summed E-state index contributed by atoms with van der Waals surface area (Å²) in [6, 6.07) is 11.5. The summed E-state index contributed by atoms with van der Waals surface area (Å²) < 4.78 is 23.5. The van der Waals surface area contributed by atoms with Crippen LogP contribution >= 0.6 is 11.3 Å². The molecule has 0 spiro atoms. The number of ether oxygens (including phenoxy) is 4. The molecule has 0 unspecified atom stereocenters. The molecule has 0 aliphatic carbocycles. The lowest BCUT2D eigenvalue weighted by Crippen LogP contribution is -2.40. The SMILES string of the molecule is CCOC(=O)C1=C(C)N=c2s/c(=C/c3ccc(OCC)cc3)c(=O)n2[C@H]1c1ccc(OC(C)=O)c(OC)c1. The number of methoxy groups -OCH3 is 1. The number of aromatic nitrogens is 1. The Morgan fingerprint density at radius 3 is 2.45 bits per heavy atom. The van der Waals surface area contributed by atoms with Crippen molar-refractivity contribution < 1.29 is 28.5 Å². The van der Waals surface area contributed by atoms with Crippen LogP contribution in [-0.4, -0.2) is 36.8 Å². The summed E-state index contributed by atoms with van der Waals surface area (Å²) in [5, 5.41) is 0. The molecule has 1 atom stereocenters. The molecule has 2 heterocycles. The summed E-state index contributed by atoms with van der Waals surface area (Å²) >= 11 is 1.23. The Labute approximate surface area is 223 Å². The van der Waals surface area contributed by atoms with Crippen LogP contribution in [-0.2, 0) is 14.3 Å². The number of thiazole rings is 1. The van der Waals surface area contributed by atoms with Crippen molar-refractivity contribution in [1.29, 1.82) is 0 Å². The topological polar surface area (TPSA) is 105 Å². The Morgan fingerprint density at radius 2 is 1.82 bits per heavy atom. The summed E-state index contributed by atoms with van der Waals surface area (Å²) in [6.07, 6.45) is 1.78. The highest BCUT2D eigenvalue weighted by molar-refractivity contribution is 7.07. The van der Waals surface area contributed by atoms with Gasteiger partial charge in [0.2, 0.25) is 0 Å². The van der Waals surface area contributed by atoms with Gasteiger partial charge in [-0.05, 0) is 62.2 Å². The van der Waals surface area contributed by atoms with E-state index < -0.39 is 18.0 Å². The van der Waals surface area contributed by atoms with Gasteiger partial charge in [0, 0.05) is 6.92 Å². The van der Waals surface area contributed by atoms with Crippen LogP contribution in [0.4, 0.5) is 0 Å². The molecule has 198 valence electrons. The third-order valence-electron chi connectivity index (χ3n) is 5.76. The maximum Gasteiger partial charge on any atom is 0.338 e. The van der Waals surface area contributed by atoms with Crippen molar-refractivity contribution >= 4 is 29.4 Å². The van der Waals surface area contributed by atoms with Crippen molar-refractivity contribution in [3.63, 3.8) is 0 Å². The van der Waals surface area contributed by atoms with Gasteiger partial charge in [0.05, 0.1) is 42.2 Å². The van der Waals surface area contributed by atoms with Gasteiger partial charge in [-0.1, -0.05) is 29.5 Å². The summed E-state index contributed by atoms with van der Waals surface area (Å²) in [7, 11) is 1.45. The smallest absolute Gasteiger partial charge is 0.338 e. The Hall–Kier alpha value is -4.18. The van der Waals surface area contributed by atoms with Crippen LogP contribution in [0.2, 0.25) is 0 Å². The number of nitrogens with zero attached hydrogens (tertiary/aromatic N) is 2. The molecule has 0 radical (unpaired) electrons. The van der Waals surface area contributed by atoms with Crippen molar-refractivity contribution in [2.45, 2.75) is 33.7 Å². The molecule has 3 aromatic rings. The summed E-state index contributed by atoms with van der Waals surface area (Å²) in [5.74, 6) is 0.188. The average molecular weight is 537 g/mol. The van der Waals surface area contributed by atoms with E-state index >= 15 is 0 Å². The number of hydrogen-bond donors (Lipinski definition) is 0. The second-order valence-electron chi connectivity index (χ2n) is 8.31. The first-order chi connectivity index (χ1) is 18.3. The minimum atomic E-state index is -0.826. The van der Waals surface area contributed by atoms with E-state index in [1.807, 2.05) is 31.2 Å². The van der Waals surface area contributed by atoms with Gasteiger partial charge < -0.3 is 18.9 Å². The fraction of sp³-hybridized carbons (Fsp3) is 0.286. The highest BCUT2D eigenvalue weighted by Gasteiger charge is 2.34. The molecular formula is C28H28N2O7S. The standard InChI is InChI=1S/C28H28N2O7S/c1-6-35-20-11-8-18(9-12-20)14-23-26(32)30-25(19-10-13-21(37-17(4)31)22(15-19)34-5)24(27(33)36-7-2)16(3)29-28(30)38-23/h8-15,25H,6-7H2,1-5H3/b23-14+/t25-/m0/s1. The van der Waals surface area contributed by atoms with Crippen LogP contribution in [0.25, 0.3) is 6.08 Å². The fourth-order valence-corrected chi connectivity index (χ4v) is 5.23. The number of fused-ring (bicyclic) bond motifs is 1. The molecule has 2 aromatic carbocycles. The number of allylic oxidation sites excluding steroid dienone is 1. The second kappa shape index (κ2) is 11.5. The molecule has 0 saturated carbocycles. The van der Waals surface area contributed by atoms with Crippen LogP contribution in [0.1, 0.15) is 44.9 Å². The number of esters is 2. The number of hydrogen-bond acceptors (Lipinski definition) is 9. The third-order valence-corrected chi connectivity index (χ3v) is 6.75. The maximum absolute atomic E-state index is 13.8. The van der Waals surface area contributed by atoms with Crippen molar-refractivity contribution in [3.05, 3.63) is 84.5 Å². The van der Waals surface area contributed by atoms with E-state index in [4.69, 9.17) is 18.9 Å². The largest absolute Gasteiger partial charge is 0.494 e. The van der Waals surface area contributed by atoms with Crippen molar-refractivity contribution in [2.24, 2.45) is 4.99 Å². The zero-order chi connectivity index (χ0) is 27.4. The van der Waals surface area contributed by atoms with E-state index in [2.05, 4.69) is 4.99 Å². The first-order valence-electron chi connectivity index (χ1n) is 12.1. The molecule has 0 amide bonds. The molecule has 1 aliphatic rings. The van der Waals surface area contributed by atoms with Gasteiger partial charge in [0.1, 0.15) is 5.75 Å². The quantitative estimate of drug-likeness (QED) is 0.322. The normalized spacial score (nSPS) is 15.0. The minimum absolute atomic E-state index is 0.166. The van der Waals surface area contributed by atoms with Gasteiger partial charge in [-0.25, -0.2) is 9.79 Å². The second-order valence-corrected chi connectivity index (χ2v) is 9.32. The molecule has 0 fully saturated rings. The predicted molar refractivity (Wildman–Crippen MR) is 142 cm³/mol. The Kier molecular flexibility index (Phi) is 8.11. The van der Waals surface area contributed by atoms with E-state index in [0.717, 1.165) is 11.3 Å². The monoisotopic (exact) mass is 536 g/mol. The average Bonchev–Trinajstić information content (AvgIpc) is 3.18. The summed E-state index contributed by atoms with van der Waals surface area (Å²) in [5.41, 5.74) is 1.79. The molecule has 10 heteroatoms.